The number of carbonyl (C=O) groups excluding carboxylic acids is 1. The van der Waals surface area contributed by atoms with Crippen LogP contribution < -0.4 is 16.0 Å². The number of aryl methyl sites for hydroxylation is 2. The average molecular weight is 477 g/mol. The van der Waals surface area contributed by atoms with Gasteiger partial charge in [0.1, 0.15) is 5.82 Å². The third-order valence-electron chi connectivity index (χ3n) is 5.29. The lowest BCUT2D eigenvalue weighted by atomic mass is 10.2. The van der Waals surface area contributed by atoms with E-state index in [-0.39, 0.29) is 11.6 Å². The van der Waals surface area contributed by atoms with Gasteiger partial charge in [-0.25, -0.2) is 4.98 Å². The predicted octanol–water partition coefficient (Wildman–Crippen LogP) is 5.41. The van der Waals surface area contributed by atoms with Crippen LogP contribution in [0.1, 0.15) is 21.7 Å². The Hall–Kier alpha value is -5.05. The van der Waals surface area contributed by atoms with Crippen molar-refractivity contribution in [2.45, 2.75) is 13.8 Å². The summed E-state index contributed by atoms with van der Waals surface area (Å²) in [6.07, 6.45) is 1.44. The molecule has 178 valence electrons. The molecule has 0 bridgehead atoms. The molecule has 0 aliphatic carbocycles. The molecule has 5 aromatic rings. The second-order valence-electron chi connectivity index (χ2n) is 8.22. The van der Waals surface area contributed by atoms with Crippen LogP contribution in [0.2, 0.25) is 0 Å². The monoisotopic (exact) mass is 476 g/mol. The summed E-state index contributed by atoms with van der Waals surface area (Å²) in [6, 6.07) is 26.7. The minimum Gasteiger partial charge on any atom is -0.340 e. The zero-order chi connectivity index (χ0) is 24.9. The van der Waals surface area contributed by atoms with Gasteiger partial charge >= 0.3 is 0 Å². The van der Waals surface area contributed by atoms with Crippen molar-refractivity contribution in [2.75, 3.05) is 16.0 Å². The molecule has 0 aliphatic heterocycles. The topological polar surface area (TPSA) is 110 Å². The first-order chi connectivity index (χ1) is 17.5. The predicted molar refractivity (Wildman–Crippen MR) is 140 cm³/mol. The van der Waals surface area contributed by atoms with Crippen LogP contribution in [-0.4, -0.2) is 30.9 Å². The van der Waals surface area contributed by atoms with Crippen LogP contribution in [0.15, 0.2) is 91.1 Å². The fourth-order valence-corrected chi connectivity index (χ4v) is 3.49. The van der Waals surface area contributed by atoms with Gasteiger partial charge in [0, 0.05) is 28.8 Å². The van der Waals surface area contributed by atoms with Gasteiger partial charge < -0.3 is 16.0 Å². The Morgan fingerprint density at radius 2 is 1.44 bits per heavy atom. The molecule has 0 saturated carbocycles. The number of hydrogen-bond acceptors (Lipinski definition) is 7. The van der Waals surface area contributed by atoms with E-state index in [1.54, 1.807) is 12.1 Å². The van der Waals surface area contributed by atoms with Crippen LogP contribution >= 0.6 is 0 Å². The molecule has 0 atom stereocenters. The molecule has 0 spiro atoms. The lowest BCUT2D eigenvalue weighted by molar-refractivity contribution is 0.102. The standard InChI is InChI=1S/C27H24N8O/c1-18-8-10-20(11-9-18)30-25-16-19(2)29-27(33-25)32-22-14-12-21(13-15-22)31-26(36)24-17-28-35(34-24)23-6-4-3-5-7-23/h3-17H,1-2H3,(H,31,36)(H2,29,30,32,33). The molecule has 0 unspecified atom stereocenters. The van der Waals surface area contributed by atoms with Crippen LogP contribution in [0.25, 0.3) is 5.69 Å². The number of carbonyl (C=O) groups is 1. The normalized spacial score (nSPS) is 10.6. The maximum absolute atomic E-state index is 12.6. The highest BCUT2D eigenvalue weighted by Crippen LogP contribution is 2.21. The van der Waals surface area contributed by atoms with Gasteiger partial charge in [-0.15, -0.1) is 5.10 Å². The molecular weight excluding hydrogens is 452 g/mol. The average Bonchev–Trinajstić information content (AvgIpc) is 3.38. The first-order valence-electron chi connectivity index (χ1n) is 11.4. The maximum atomic E-state index is 12.6. The summed E-state index contributed by atoms with van der Waals surface area (Å²) >= 11 is 0. The van der Waals surface area contributed by atoms with Crippen LogP contribution in [0.4, 0.5) is 28.8 Å². The van der Waals surface area contributed by atoms with E-state index >= 15 is 0 Å². The Morgan fingerprint density at radius 3 is 2.19 bits per heavy atom. The molecule has 0 saturated heterocycles. The minimum atomic E-state index is -0.341. The van der Waals surface area contributed by atoms with E-state index in [1.165, 1.54) is 16.6 Å². The van der Waals surface area contributed by atoms with Crippen LogP contribution in [-0.2, 0) is 0 Å². The quantitative estimate of drug-likeness (QED) is 0.288. The molecule has 9 heteroatoms. The van der Waals surface area contributed by atoms with Gasteiger partial charge in [-0.1, -0.05) is 35.9 Å². The van der Waals surface area contributed by atoms with Crippen molar-refractivity contribution in [1.29, 1.82) is 0 Å². The summed E-state index contributed by atoms with van der Waals surface area (Å²) < 4.78 is 0. The molecule has 0 fully saturated rings. The van der Waals surface area contributed by atoms with E-state index in [0.29, 0.717) is 17.5 Å². The molecule has 1 amide bonds. The Balaban J connectivity index is 1.23. The second kappa shape index (κ2) is 10.1. The van der Waals surface area contributed by atoms with E-state index in [9.17, 15) is 4.79 Å². The fraction of sp³-hybridized carbons (Fsp3) is 0.0741. The highest BCUT2D eigenvalue weighted by Gasteiger charge is 2.12. The minimum absolute atomic E-state index is 0.225. The van der Waals surface area contributed by atoms with E-state index in [2.05, 4.69) is 36.1 Å². The Labute approximate surface area is 208 Å². The van der Waals surface area contributed by atoms with Crippen molar-refractivity contribution in [3.05, 3.63) is 108 Å². The van der Waals surface area contributed by atoms with E-state index < -0.39 is 0 Å². The molecule has 2 heterocycles. The Kier molecular flexibility index (Phi) is 6.35. The zero-order valence-corrected chi connectivity index (χ0v) is 19.8. The van der Waals surface area contributed by atoms with Gasteiger partial charge in [0.2, 0.25) is 5.95 Å². The number of para-hydroxylation sites is 1. The number of amides is 1. The van der Waals surface area contributed by atoms with Gasteiger partial charge in [0.25, 0.3) is 5.91 Å². The summed E-state index contributed by atoms with van der Waals surface area (Å²) in [5.74, 6) is 0.826. The van der Waals surface area contributed by atoms with Crippen molar-refractivity contribution in [1.82, 2.24) is 25.0 Å². The van der Waals surface area contributed by atoms with Crippen LogP contribution in [0, 0.1) is 13.8 Å². The molecule has 3 N–H and O–H groups in total. The molecule has 5 rings (SSSR count). The molecule has 0 aliphatic rings. The SMILES string of the molecule is Cc1ccc(Nc2cc(C)nc(Nc3ccc(NC(=O)c4cnn(-c5ccccc5)n4)cc3)n2)cc1. The third-order valence-corrected chi connectivity index (χ3v) is 5.29. The summed E-state index contributed by atoms with van der Waals surface area (Å²) in [4.78, 5) is 23.1. The number of nitrogens with zero attached hydrogens (tertiary/aromatic N) is 5. The number of benzene rings is 3. The lowest BCUT2D eigenvalue weighted by Crippen LogP contribution is -2.13. The van der Waals surface area contributed by atoms with Crippen molar-refractivity contribution in [2.24, 2.45) is 0 Å². The highest BCUT2D eigenvalue weighted by atomic mass is 16.2. The molecule has 3 aromatic carbocycles. The molecule has 0 radical (unpaired) electrons. The first kappa shape index (κ1) is 22.7. The molecule has 36 heavy (non-hydrogen) atoms. The van der Waals surface area contributed by atoms with E-state index in [4.69, 9.17) is 0 Å². The van der Waals surface area contributed by atoms with E-state index in [1.807, 2.05) is 86.6 Å². The van der Waals surface area contributed by atoms with Gasteiger partial charge in [-0.3, -0.25) is 4.79 Å². The van der Waals surface area contributed by atoms with Crippen molar-refractivity contribution < 1.29 is 4.79 Å². The highest BCUT2D eigenvalue weighted by molar-refractivity contribution is 6.02. The number of anilines is 5. The zero-order valence-electron chi connectivity index (χ0n) is 19.8. The smallest absolute Gasteiger partial charge is 0.277 e. The van der Waals surface area contributed by atoms with Crippen LogP contribution in [0.5, 0.6) is 0 Å². The summed E-state index contributed by atoms with van der Waals surface area (Å²) in [5, 5.41) is 17.8. The van der Waals surface area contributed by atoms with Gasteiger partial charge in [-0.05, 0) is 62.4 Å². The maximum Gasteiger partial charge on any atom is 0.277 e. The Bertz CT molecular complexity index is 1480. The van der Waals surface area contributed by atoms with Gasteiger partial charge in [0.15, 0.2) is 5.69 Å². The molecule has 9 nitrogen and oxygen atoms in total. The van der Waals surface area contributed by atoms with E-state index in [0.717, 1.165) is 22.8 Å². The third kappa shape index (κ3) is 5.53. The summed E-state index contributed by atoms with van der Waals surface area (Å²) in [7, 11) is 0. The fourth-order valence-electron chi connectivity index (χ4n) is 3.49. The summed E-state index contributed by atoms with van der Waals surface area (Å²) in [6.45, 7) is 3.97. The lowest BCUT2D eigenvalue weighted by Gasteiger charge is -2.11. The van der Waals surface area contributed by atoms with Crippen LogP contribution in [0.3, 0.4) is 0 Å². The van der Waals surface area contributed by atoms with Crippen molar-refractivity contribution in [3.8, 4) is 5.69 Å². The summed E-state index contributed by atoms with van der Waals surface area (Å²) in [5.41, 5.74) is 5.40. The van der Waals surface area contributed by atoms with Gasteiger partial charge in [-0.2, -0.15) is 14.9 Å². The number of nitrogens with one attached hydrogen (secondary N) is 3. The second-order valence-corrected chi connectivity index (χ2v) is 8.22. The molecule has 2 aromatic heterocycles. The molecular formula is C27H24N8O. The Morgan fingerprint density at radius 1 is 0.778 bits per heavy atom. The first-order valence-corrected chi connectivity index (χ1v) is 11.4. The van der Waals surface area contributed by atoms with Crippen molar-refractivity contribution in [3.63, 3.8) is 0 Å². The number of hydrogen-bond donors (Lipinski definition) is 3. The number of rotatable bonds is 7. The number of aromatic nitrogens is 5. The van der Waals surface area contributed by atoms with Crippen molar-refractivity contribution >= 4 is 34.7 Å². The largest absolute Gasteiger partial charge is 0.340 e. The van der Waals surface area contributed by atoms with Gasteiger partial charge in [0.05, 0.1) is 11.9 Å².